The van der Waals surface area contributed by atoms with Gasteiger partial charge in [-0.1, -0.05) is 18.2 Å². The lowest BCUT2D eigenvalue weighted by molar-refractivity contribution is -0.126. The van der Waals surface area contributed by atoms with Crippen LogP contribution in [-0.2, 0) is 16.1 Å². The second-order valence-corrected chi connectivity index (χ2v) is 4.62. The van der Waals surface area contributed by atoms with Crippen LogP contribution in [0.2, 0.25) is 0 Å². The largest absolute Gasteiger partial charge is 0.398 e. The highest BCUT2D eigenvalue weighted by Gasteiger charge is 2.20. The molecule has 0 atom stereocenters. The minimum absolute atomic E-state index is 0.0416. The van der Waals surface area contributed by atoms with Crippen molar-refractivity contribution in [1.82, 2.24) is 5.32 Å². The molecule has 0 aliphatic carbocycles. The fourth-order valence-corrected chi connectivity index (χ4v) is 1.41. The number of rotatable bonds is 5. The third-order valence-corrected chi connectivity index (χ3v) is 2.67. The molecule has 0 saturated heterocycles. The fourth-order valence-electron chi connectivity index (χ4n) is 1.41. The lowest BCUT2D eigenvalue weighted by Gasteiger charge is -2.22. The summed E-state index contributed by atoms with van der Waals surface area (Å²) in [5.74, 6) is -0.0416. The number of carbonyl (C=O) groups is 1. The first-order valence-electron chi connectivity index (χ1n) is 5.60. The molecule has 0 bridgehead atoms. The van der Waals surface area contributed by atoms with Crippen molar-refractivity contribution in [2.24, 2.45) is 0 Å². The van der Waals surface area contributed by atoms with Gasteiger partial charge in [0.25, 0.3) is 0 Å². The zero-order chi connectivity index (χ0) is 12.9. The Morgan fingerprint density at radius 1 is 1.41 bits per heavy atom. The van der Waals surface area contributed by atoms with Crippen LogP contribution in [0, 0.1) is 0 Å². The van der Waals surface area contributed by atoms with E-state index in [2.05, 4.69) is 5.32 Å². The number of ether oxygens (including phenoxy) is 1. The number of nitrogens with one attached hydrogen (secondary N) is 1. The molecule has 0 aliphatic rings. The van der Waals surface area contributed by atoms with Crippen LogP contribution in [0.25, 0.3) is 0 Å². The summed E-state index contributed by atoms with van der Waals surface area (Å²) in [5, 5.41) is 2.83. The van der Waals surface area contributed by atoms with Crippen LogP contribution in [0.4, 0.5) is 5.69 Å². The maximum Gasteiger partial charge on any atom is 0.223 e. The van der Waals surface area contributed by atoms with E-state index in [0.29, 0.717) is 18.7 Å². The second kappa shape index (κ2) is 5.68. The maximum atomic E-state index is 11.7. The quantitative estimate of drug-likeness (QED) is 0.765. The molecule has 1 rings (SSSR count). The number of nitrogen functional groups attached to an aromatic ring is 1. The monoisotopic (exact) mass is 236 g/mol. The van der Waals surface area contributed by atoms with Crippen LogP contribution in [0.5, 0.6) is 0 Å². The Balaban J connectivity index is 2.47. The van der Waals surface area contributed by atoms with Gasteiger partial charge in [0.15, 0.2) is 0 Å². The molecule has 0 spiro atoms. The molecule has 0 saturated carbocycles. The fraction of sp³-hybridized carbons (Fsp3) is 0.462. The van der Waals surface area contributed by atoms with E-state index in [1.165, 1.54) is 0 Å². The molecule has 0 radical (unpaired) electrons. The lowest BCUT2D eigenvalue weighted by atomic mass is 10.0. The molecular weight excluding hydrogens is 216 g/mol. The number of nitrogens with two attached hydrogens (primary N) is 1. The summed E-state index contributed by atoms with van der Waals surface area (Å²) in [7, 11) is 1.60. The number of methoxy groups -OCH3 is 1. The molecule has 0 aromatic heterocycles. The van der Waals surface area contributed by atoms with Gasteiger partial charge in [-0.25, -0.2) is 0 Å². The Morgan fingerprint density at radius 2 is 2.06 bits per heavy atom. The average molecular weight is 236 g/mol. The number of hydrogen-bond acceptors (Lipinski definition) is 3. The second-order valence-electron chi connectivity index (χ2n) is 4.62. The molecule has 0 fully saturated rings. The molecule has 0 aliphatic heterocycles. The van der Waals surface area contributed by atoms with Crippen molar-refractivity contribution in [2.45, 2.75) is 32.4 Å². The minimum atomic E-state index is -0.438. The maximum absolute atomic E-state index is 11.7. The van der Waals surface area contributed by atoms with Gasteiger partial charge < -0.3 is 15.8 Å². The molecular formula is C13H20N2O2. The number of benzene rings is 1. The highest BCUT2D eigenvalue weighted by molar-refractivity contribution is 5.77. The van der Waals surface area contributed by atoms with Crippen molar-refractivity contribution in [3.63, 3.8) is 0 Å². The number of para-hydroxylation sites is 1. The molecule has 94 valence electrons. The van der Waals surface area contributed by atoms with E-state index in [1.54, 1.807) is 7.11 Å². The van der Waals surface area contributed by atoms with Crippen molar-refractivity contribution in [3.8, 4) is 0 Å². The average Bonchev–Trinajstić information content (AvgIpc) is 2.27. The molecule has 4 nitrogen and oxygen atoms in total. The van der Waals surface area contributed by atoms with E-state index in [4.69, 9.17) is 10.5 Å². The zero-order valence-electron chi connectivity index (χ0n) is 10.6. The molecule has 3 N–H and O–H groups in total. The molecule has 1 amide bonds. The van der Waals surface area contributed by atoms with E-state index < -0.39 is 5.60 Å². The van der Waals surface area contributed by atoms with Crippen molar-refractivity contribution in [2.75, 3.05) is 12.8 Å². The summed E-state index contributed by atoms with van der Waals surface area (Å²) in [6, 6.07) is 7.49. The summed E-state index contributed by atoms with van der Waals surface area (Å²) in [6.45, 7) is 4.21. The van der Waals surface area contributed by atoms with E-state index in [-0.39, 0.29) is 5.91 Å². The molecule has 0 heterocycles. The number of amides is 1. The zero-order valence-corrected chi connectivity index (χ0v) is 10.6. The Bertz CT molecular complexity index is 389. The summed E-state index contributed by atoms with van der Waals surface area (Å²) < 4.78 is 5.20. The van der Waals surface area contributed by atoms with Crippen molar-refractivity contribution >= 4 is 11.6 Å². The molecule has 4 heteroatoms. The first-order chi connectivity index (χ1) is 7.94. The van der Waals surface area contributed by atoms with Crippen LogP contribution in [0.1, 0.15) is 25.8 Å². The number of anilines is 1. The SMILES string of the molecule is COC(C)(C)CC(=O)NCc1ccccc1N. The lowest BCUT2D eigenvalue weighted by Crippen LogP contribution is -2.33. The topological polar surface area (TPSA) is 64.3 Å². The van der Waals surface area contributed by atoms with Crippen LogP contribution in [0.15, 0.2) is 24.3 Å². The predicted octanol–water partition coefficient (Wildman–Crippen LogP) is 1.70. The van der Waals surface area contributed by atoms with Gasteiger partial charge in [-0.15, -0.1) is 0 Å². The van der Waals surface area contributed by atoms with Gasteiger partial charge in [-0.05, 0) is 25.5 Å². The van der Waals surface area contributed by atoms with Gasteiger partial charge in [-0.2, -0.15) is 0 Å². The first kappa shape index (κ1) is 13.5. The normalized spacial score (nSPS) is 11.2. The Labute approximate surface area is 102 Å². The third-order valence-electron chi connectivity index (χ3n) is 2.67. The first-order valence-corrected chi connectivity index (χ1v) is 5.60. The standard InChI is InChI=1S/C13H20N2O2/c1-13(2,17-3)8-12(16)15-9-10-6-4-5-7-11(10)14/h4-7H,8-9,14H2,1-3H3,(H,15,16). The van der Waals surface area contributed by atoms with Gasteiger partial charge in [0.05, 0.1) is 12.0 Å². The number of carbonyl (C=O) groups excluding carboxylic acids is 1. The number of hydrogen-bond donors (Lipinski definition) is 2. The smallest absolute Gasteiger partial charge is 0.223 e. The van der Waals surface area contributed by atoms with Gasteiger partial charge >= 0.3 is 0 Å². The van der Waals surface area contributed by atoms with E-state index in [1.807, 2.05) is 38.1 Å². The van der Waals surface area contributed by atoms with Crippen LogP contribution >= 0.6 is 0 Å². The summed E-state index contributed by atoms with van der Waals surface area (Å²) >= 11 is 0. The molecule has 17 heavy (non-hydrogen) atoms. The van der Waals surface area contributed by atoms with Gasteiger partial charge in [0, 0.05) is 19.3 Å². The summed E-state index contributed by atoms with van der Waals surface area (Å²) in [6.07, 6.45) is 0.330. The molecule has 1 aromatic rings. The highest BCUT2D eigenvalue weighted by Crippen LogP contribution is 2.13. The van der Waals surface area contributed by atoms with Crippen molar-refractivity contribution < 1.29 is 9.53 Å². The summed E-state index contributed by atoms with van der Waals surface area (Å²) in [5.41, 5.74) is 6.97. The van der Waals surface area contributed by atoms with Gasteiger partial charge in [0.1, 0.15) is 0 Å². The van der Waals surface area contributed by atoms with Gasteiger partial charge in [-0.3, -0.25) is 4.79 Å². The van der Waals surface area contributed by atoms with Crippen LogP contribution < -0.4 is 11.1 Å². The van der Waals surface area contributed by atoms with E-state index in [0.717, 1.165) is 5.56 Å². The Hall–Kier alpha value is -1.55. The van der Waals surface area contributed by atoms with Crippen LogP contribution in [-0.4, -0.2) is 18.6 Å². The third kappa shape index (κ3) is 4.44. The molecule has 0 unspecified atom stereocenters. The van der Waals surface area contributed by atoms with Crippen molar-refractivity contribution in [1.29, 1.82) is 0 Å². The highest BCUT2D eigenvalue weighted by atomic mass is 16.5. The Morgan fingerprint density at radius 3 is 2.65 bits per heavy atom. The van der Waals surface area contributed by atoms with Crippen molar-refractivity contribution in [3.05, 3.63) is 29.8 Å². The summed E-state index contributed by atoms with van der Waals surface area (Å²) in [4.78, 5) is 11.7. The van der Waals surface area contributed by atoms with E-state index in [9.17, 15) is 4.79 Å². The van der Waals surface area contributed by atoms with Gasteiger partial charge in [0.2, 0.25) is 5.91 Å². The predicted molar refractivity (Wildman–Crippen MR) is 68.4 cm³/mol. The van der Waals surface area contributed by atoms with Crippen LogP contribution in [0.3, 0.4) is 0 Å². The molecule has 1 aromatic carbocycles. The Kier molecular flexibility index (Phi) is 4.52. The van der Waals surface area contributed by atoms with E-state index >= 15 is 0 Å². The minimum Gasteiger partial charge on any atom is -0.398 e.